The van der Waals surface area contributed by atoms with E-state index in [2.05, 4.69) is 53.1 Å². The minimum atomic E-state index is -0.0702. The molecule has 1 aromatic heterocycles. The molecular formula is C25H36N4O. The summed E-state index contributed by atoms with van der Waals surface area (Å²) in [6, 6.07) is 8.50. The van der Waals surface area contributed by atoms with Crippen molar-refractivity contribution < 1.29 is 4.79 Å². The van der Waals surface area contributed by atoms with Crippen LogP contribution in [0, 0.1) is 19.8 Å². The molecule has 2 aromatic rings. The van der Waals surface area contributed by atoms with Gasteiger partial charge in [-0.1, -0.05) is 68.4 Å². The summed E-state index contributed by atoms with van der Waals surface area (Å²) in [5.74, 6) is 1.66. The van der Waals surface area contributed by atoms with Gasteiger partial charge in [-0.15, -0.1) is 0 Å². The number of hydrogen-bond donors (Lipinski definition) is 1. The zero-order valence-electron chi connectivity index (χ0n) is 18.6. The largest absolute Gasteiger partial charge is 0.328 e. The van der Waals surface area contributed by atoms with Crippen LogP contribution < -0.4 is 5.43 Å². The predicted molar refractivity (Wildman–Crippen MR) is 121 cm³/mol. The first-order valence-electron chi connectivity index (χ1n) is 11.8. The summed E-state index contributed by atoms with van der Waals surface area (Å²) < 4.78 is 2.28. The molecule has 4 rings (SSSR count). The van der Waals surface area contributed by atoms with E-state index in [1.807, 2.05) is 0 Å². The third-order valence-electron chi connectivity index (χ3n) is 6.85. The average molecular weight is 409 g/mol. The fourth-order valence-corrected chi connectivity index (χ4v) is 4.94. The van der Waals surface area contributed by atoms with E-state index < -0.39 is 0 Å². The molecule has 1 aromatic carbocycles. The molecule has 1 aliphatic carbocycles. The van der Waals surface area contributed by atoms with Crippen molar-refractivity contribution in [3.05, 3.63) is 41.2 Å². The Morgan fingerprint density at radius 2 is 1.67 bits per heavy atom. The Morgan fingerprint density at radius 1 is 1.00 bits per heavy atom. The van der Waals surface area contributed by atoms with Crippen molar-refractivity contribution in [1.29, 1.82) is 0 Å². The number of nitrogens with zero attached hydrogens (tertiary/aromatic N) is 3. The lowest BCUT2D eigenvalue weighted by Crippen LogP contribution is -2.45. The second-order valence-corrected chi connectivity index (χ2v) is 9.17. The minimum absolute atomic E-state index is 0.0702. The van der Waals surface area contributed by atoms with Crippen LogP contribution in [0.5, 0.6) is 0 Å². The maximum absolute atomic E-state index is 13.1. The molecule has 1 aliphatic heterocycles. The molecule has 1 saturated carbocycles. The minimum Gasteiger partial charge on any atom is -0.328 e. The fraction of sp³-hybridized carbons (Fsp3) is 0.600. The normalized spacial score (nSPS) is 18.5. The molecule has 30 heavy (non-hydrogen) atoms. The van der Waals surface area contributed by atoms with E-state index >= 15 is 0 Å². The molecule has 0 atom stereocenters. The van der Waals surface area contributed by atoms with Crippen molar-refractivity contribution in [1.82, 2.24) is 20.0 Å². The number of amides is 1. The number of rotatable bonds is 6. The van der Waals surface area contributed by atoms with Crippen molar-refractivity contribution in [2.75, 3.05) is 13.1 Å². The van der Waals surface area contributed by atoms with Gasteiger partial charge in [-0.2, -0.15) is 0 Å². The number of aromatic nitrogens is 2. The number of aryl methyl sites for hydroxylation is 1. The van der Waals surface area contributed by atoms with Gasteiger partial charge in [0.1, 0.15) is 5.82 Å². The summed E-state index contributed by atoms with van der Waals surface area (Å²) in [6.45, 7) is 6.94. The molecule has 162 valence electrons. The van der Waals surface area contributed by atoms with Gasteiger partial charge in [0.15, 0.2) is 5.69 Å². The van der Waals surface area contributed by atoms with Gasteiger partial charge in [0.25, 0.3) is 5.91 Å². The van der Waals surface area contributed by atoms with E-state index in [1.54, 1.807) is 0 Å². The second-order valence-electron chi connectivity index (χ2n) is 9.17. The topological polar surface area (TPSA) is 50.2 Å². The number of piperidine rings is 1. The molecule has 0 radical (unpaired) electrons. The first kappa shape index (κ1) is 21.1. The third-order valence-corrected chi connectivity index (χ3v) is 6.85. The number of carbonyl (C=O) groups excluding carboxylic acids is 1. The Morgan fingerprint density at radius 3 is 2.37 bits per heavy atom. The van der Waals surface area contributed by atoms with Crippen molar-refractivity contribution in [2.45, 2.75) is 78.2 Å². The zero-order valence-corrected chi connectivity index (χ0v) is 18.6. The second kappa shape index (κ2) is 9.78. The Kier molecular flexibility index (Phi) is 6.88. The highest BCUT2D eigenvalue weighted by Crippen LogP contribution is 2.29. The van der Waals surface area contributed by atoms with Crippen molar-refractivity contribution in [3.63, 3.8) is 0 Å². The fourth-order valence-electron chi connectivity index (χ4n) is 4.94. The maximum atomic E-state index is 13.1. The van der Waals surface area contributed by atoms with Gasteiger partial charge < -0.3 is 4.57 Å². The van der Waals surface area contributed by atoms with Crippen molar-refractivity contribution >= 4 is 5.91 Å². The van der Waals surface area contributed by atoms with E-state index in [0.717, 1.165) is 55.5 Å². The smallest absolute Gasteiger partial charge is 0.286 e. The molecule has 2 aliphatic rings. The third kappa shape index (κ3) is 4.94. The highest BCUT2D eigenvalue weighted by atomic mass is 16.2. The van der Waals surface area contributed by atoms with Gasteiger partial charge in [0.2, 0.25) is 0 Å². The molecule has 2 fully saturated rings. The molecule has 1 N–H and O–H groups in total. The summed E-state index contributed by atoms with van der Waals surface area (Å²) in [4.78, 5) is 17.9. The number of imidazole rings is 1. The Labute approximate surface area is 180 Å². The van der Waals surface area contributed by atoms with Gasteiger partial charge in [-0.25, -0.2) is 9.99 Å². The Balaban J connectivity index is 1.58. The first-order valence-corrected chi connectivity index (χ1v) is 11.8. The van der Waals surface area contributed by atoms with Gasteiger partial charge >= 0.3 is 0 Å². The summed E-state index contributed by atoms with van der Waals surface area (Å²) in [5.41, 5.74) is 6.98. The molecule has 0 unspecified atom stereocenters. The lowest BCUT2D eigenvalue weighted by atomic mass is 9.87. The van der Waals surface area contributed by atoms with Crippen molar-refractivity contribution in [2.24, 2.45) is 5.92 Å². The van der Waals surface area contributed by atoms with Gasteiger partial charge in [-0.05, 0) is 39.0 Å². The lowest BCUT2D eigenvalue weighted by molar-refractivity contribution is 0.0744. The SMILES string of the molecule is Cc1ccc(-c2nc(C(=O)NN3CCCCC3)c(C)n2CCC2CCCCC2)cc1. The van der Waals surface area contributed by atoms with Crippen LogP contribution >= 0.6 is 0 Å². The van der Waals surface area contributed by atoms with Crippen LogP contribution in [0.15, 0.2) is 24.3 Å². The van der Waals surface area contributed by atoms with Crippen LogP contribution in [-0.2, 0) is 6.54 Å². The molecule has 0 spiro atoms. The summed E-state index contributed by atoms with van der Waals surface area (Å²) in [6.07, 6.45) is 11.5. The molecule has 5 heteroatoms. The molecule has 1 saturated heterocycles. The zero-order chi connectivity index (χ0) is 20.9. The Bertz CT molecular complexity index is 843. The lowest BCUT2D eigenvalue weighted by Gasteiger charge is -2.26. The van der Waals surface area contributed by atoms with E-state index in [0.29, 0.717) is 5.69 Å². The van der Waals surface area contributed by atoms with E-state index in [9.17, 15) is 4.79 Å². The number of hydrazine groups is 1. The summed E-state index contributed by atoms with van der Waals surface area (Å²) in [7, 11) is 0. The molecular weight excluding hydrogens is 372 g/mol. The highest BCUT2D eigenvalue weighted by molar-refractivity contribution is 5.93. The highest BCUT2D eigenvalue weighted by Gasteiger charge is 2.23. The van der Waals surface area contributed by atoms with Crippen LogP contribution in [-0.4, -0.2) is 33.6 Å². The van der Waals surface area contributed by atoms with Crippen LogP contribution in [0.4, 0.5) is 0 Å². The monoisotopic (exact) mass is 408 g/mol. The van der Waals surface area contributed by atoms with Crippen LogP contribution in [0.1, 0.15) is 79.5 Å². The number of nitrogens with one attached hydrogen (secondary N) is 1. The van der Waals surface area contributed by atoms with Gasteiger partial charge in [0, 0.05) is 30.9 Å². The molecule has 5 nitrogen and oxygen atoms in total. The standard InChI is InChI=1S/C25H36N4O/c1-19-11-13-22(14-12-19)24-26-23(25(30)27-28-16-7-4-8-17-28)20(2)29(24)18-15-21-9-5-3-6-10-21/h11-14,21H,3-10,15-18H2,1-2H3,(H,27,30). The van der Waals surface area contributed by atoms with Crippen LogP contribution in [0.3, 0.4) is 0 Å². The summed E-state index contributed by atoms with van der Waals surface area (Å²) >= 11 is 0. The van der Waals surface area contributed by atoms with E-state index in [1.165, 1.54) is 50.5 Å². The molecule has 0 bridgehead atoms. The number of carbonyl (C=O) groups is 1. The molecule has 2 heterocycles. The maximum Gasteiger partial charge on any atom is 0.286 e. The number of benzene rings is 1. The summed E-state index contributed by atoms with van der Waals surface area (Å²) in [5, 5.41) is 2.05. The predicted octanol–water partition coefficient (Wildman–Crippen LogP) is 5.27. The van der Waals surface area contributed by atoms with Gasteiger partial charge in [0.05, 0.1) is 0 Å². The average Bonchev–Trinajstić information content (AvgIpc) is 3.10. The number of hydrogen-bond acceptors (Lipinski definition) is 3. The first-order chi connectivity index (χ1) is 14.6. The van der Waals surface area contributed by atoms with E-state index in [-0.39, 0.29) is 5.91 Å². The quantitative estimate of drug-likeness (QED) is 0.708. The Hall–Kier alpha value is -2.14. The van der Waals surface area contributed by atoms with Gasteiger partial charge in [-0.3, -0.25) is 10.2 Å². The van der Waals surface area contributed by atoms with Crippen molar-refractivity contribution in [3.8, 4) is 11.4 Å². The van der Waals surface area contributed by atoms with E-state index in [4.69, 9.17) is 4.98 Å². The van der Waals surface area contributed by atoms with Crippen LogP contribution in [0.25, 0.3) is 11.4 Å². The van der Waals surface area contributed by atoms with Crippen LogP contribution in [0.2, 0.25) is 0 Å². The molecule has 1 amide bonds.